The third kappa shape index (κ3) is 4.03. The second kappa shape index (κ2) is 8.35. The number of aryl methyl sites for hydroxylation is 1. The van der Waals surface area contributed by atoms with Gasteiger partial charge in [0.25, 0.3) is 5.56 Å². The van der Waals surface area contributed by atoms with Crippen LogP contribution in [-0.2, 0) is 20.1 Å². The van der Waals surface area contributed by atoms with Crippen molar-refractivity contribution in [3.05, 3.63) is 62.6 Å². The van der Waals surface area contributed by atoms with Crippen molar-refractivity contribution in [2.45, 2.75) is 39.8 Å². The highest BCUT2D eigenvalue weighted by atomic mass is 16.2. The summed E-state index contributed by atoms with van der Waals surface area (Å²) in [6.45, 7) is 7.75. The first kappa shape index (κ1) is 19.1. The van der Waals surface area contributed by atoms with E-state index >= 15 is 0 Å². The number of rotatable bonds is 8. The maximum Gasteiger partial charge on any atom is 0.329 e. The van der Waals surface area contributed by atoms with Crippen molar-refractivity contribution in [3.8, 4) is 0 Å². The number of hydrogen-bond donors (Lipinski definition) is 2. The molecule has 1 aromatic carbocycles. The Morgan fingerprint density at radius 1 is 1.07 bits per heavy atom. The Morgan fingerprint density at radius 2 is 1.74 bits per heavy atom. The fourth-order valence-corrected chi connectivity index (χ4v) is 3.58. The first-order chi connectivity index (χ1) is 13.0. The molecule has 3 rings (SSSR count). The maximum atomic E-state index is 12.6. The minimum Gasteiger partial charge on any atom is -0.329 e. The second-order valence-electron chi connectivity index (χ2n) is 7.02. The Morgan fingerprint density at radius 3 is 2.37 bits per heavy atom. The van der Waals surface area contributed by atoms with E-state index < -0.39 is 5.69 Å². The number of nitrogens with one attached hydrogen (secondary N) is 2. The molecule has 0 atom stereocenters. The van der Waals surface area contributed by atoms with Crippen molar-refractivity contribution in [1.82, 2.24) is 19.1 Å². The molecule has 7 nitrogen and oxygen atoms in total. The van der Waals surface area contributed by atoms with E-state index in [0.29, 0.717) is 17.7 Å². The molecule has 2 heterocycles. The van der Waals surface area contributed by atoms with Gasteiger partial charge in [0.1, 0.15) is 6.54 Å². The first-order valence-corrected chi connectivity index (χ1v) is 9.61. The molecule has 2 N–H and O–H groups in total. The number of aromatic nitrogens is 4. The fraction of sp³-hybridized carbons (Fsp3) is 0.450. The van der Waals surface area contributed by atoms with Gasteiger partial charge in [-0.3, -0.25) is 14.3 Å². The summed E-state index contributed by atoms with van der Waals surface area (Å²) in [6, 6.07) is 10.0. The van der Waals surface area contributed by atoms with E-state index in [2.05, 4.69) is 18.8 Å². The van der Waals surface area contributed by atoms with Crippen molar-refractivity contribution in [1.29, 1.82) is 0 Å². The third-order valence-electron chi connectivity index (χ3n) is 4.88. The molecule has 0 saturated heterocycles. The van der Waals surface area contributed by atoms with Crippen molar-refractivity contribution >= 4 is 11.2 Å². The van der Waals surface area contributed by atoms with Crippen LogP contribution in [0.15, 0.2) is 39.9 Å². The van der Waals surface area contributed by atoms with Crippen LogP contribution in [0.5, 0.6) is 0 Å². The Bertz CT molecular complexity index is 1010. The molecule has 3 aromatic rings. The zero-order chi connectivity index (χ0) is 19.4. The highest BCUT2D eigenvalue weighted by Gasteiger charge is 2.20. The average Bonchev–Trinajstić information content (AvgIpc) is 3.00. The Kier molecular flexibility index (Phi) is 5.91. The molecule has 0 spiro atoms. The lowest BCUT2D eigenvalue weighted by Crippen LogP contribution is -3.10. The number of quaternary nitrogens is 1. The average molecular weight is 370 g/mol. The zero-order valence-electron chi connectivity index (χ0n) is 16.3. The molecule has 0 amide bonds. The Hall–Kier alpha value is -2.67. The van der Waals surface area contributed by atoms with Gasteiger partial charge in [0.05, 0.1) is 13.1 Å². The van der Waals surface area contributed by atoms with Gasteiger partial charge in [0, 0.05) is 13.6 Å². The monoisotopic (exact) mass is 370 g/mol. The minimum absolute atomic E-state index is 0.379. The minimum atomic E-state index is -0.435. The zero-order valence-corrected chi connectivity index (χ0v) is 16.3. The molecule has 7 heteroatoms. The number of fused-ring (bicyclic) bond motifs is 1. The molecule has 0 saturated carbocycles. The van der Waals surface area contributed by atoms with Gasteiger partial charge < -0.3 is 9.47 Å². The van der Waals surface area contributed by atoms with E-state index in [1.165, 1.54) is 9.47 Å². The highest BCUT2D eigenvalue weighted by Crippen LogP contribution is 2.13. The summed E-state index contributed by atoms with van der Waals surface area (Å²) >= 11 is 0. The molecule has 0 unspecified atom stereocenters. The third-order valence-corrected chi connectivity index (χ3v) is 4.88. The van der Waals surface area contributed by atoms with Crippen LogP contribution < -0.4 is 16.1 Å². The number of H-pyrrole nitrogens is 1. The van der Waals surface area contributed by atoms with Crippen molar-refractivity contribution in [2.24, 2.45) is 7.05 Å². The predicted molar refractivity (Wildman–Crippen MR) is 106 cm³/mol. The van der Waals surface area contributed by atoms with Gasteiger partial charge in [-0.25, -0.2) is 9.78 Å². The lowest BCUT2D eigenvalue weighted by Gasteiger charge is -2.18. The largest absolute Gasteiger partial charge is 0.329 e. The van der Waals surface area contributed by atoms with E-state index in [1.54, 1.807) is 7.05 Å². The molecular weight excluding hydrogens is 342 g/mol. The second-order valence-corrected chi connectivity index (χ2v) is 7.02. The van der Waals surface area contributed by atoms with E-state index in [-0.39, 0.29) is 5.56 Å². The summed E-state index contributed by atoms with van der Waals surface area (Å²) < 4.78 is 3.38. The topological polar surface area (TPSA) is 77.1 Å². The summed E-state index contributed by atoms with van der Waals surface area (Å²) in [7, 11) is 1.65. The van der Waals surface area contributed by atoms with E-state index in [0.717, 1.165) is 43.9 Å². The molecule has 144 valence electrons. The van der Waals surface area contributed by atoms with Gasteiger partial charge in [0.2, 0.25) is 0 Å². The van der Waals surface area contributed by atoms with Gasteiger partial charge in [-0.15, -0.1) is 0 Å². The molecule has 0 bridgehead atoms. The number of hydrogen-bond acceptors (Lipinski definition) is 3. The number of aromatic amines is 1. The lowest BCUT2D eigenvalue weighted by molar-refractivity contribution is -0.914. The van der Waals surface area contributed by atoms with Gasteiger partial charge in [0.15, 0.2) is 17.0 Å². The molecule has 0 aliphatic carbocycles. The van der Waals surface area contributed by atoms with Gasteiger partial charge in [-0.2, -0.15) is 0 Å². The maximum absolute atomic E-state index is 12.6. The van der Waals surface area contributed by atoms with Crippen molar-refractivity contribution in [3.63, 3.8) is 0 Å². The van der Waals surface area contributed by atoms with Crippen LogP contribution in [0.25, 0.3) is 11.2 Å². The quantitative estimate of drug-likeness (QED) is 0.612. The lowest BCUT2D eigenvalue weighted by atomic mass is 10.2. The molecular formula is C20H28N5O2+. The van der Waals surface area contributed by atoms with Crippen LogP contribution in [-0.4, -0.2) is 32.2 Å². The van der Waals surface area contributed by atoms with Gasteiger partial charge >= 0.3 is 5.69 Å². The van der Waals surface area contributed by atoms with Gasteiger partial charge in [-0.1, -0.05) is 44.2 Å². The van der Waals surface area contributed by atoms with E-state index in [4.69, 9.17) is 4.98 Å². The van der Waals surface area contributed by atoms with Crippen LogP contribution >= 0.6 is 0 Å². The highest BCUT2D eigenvalue weighted by molar-refractivity contribution is 5.71. The number of nitrogens with zero attached hydrogens (tertiary/aromatic N) is 3. The number of benzene rings is 1. The SMILES string of the molecule is CCC[NH+](CCC)Cc1nc2c(c(=O)[nH]c(=O)n2C)n1Cc1ccccc1. The smallest absolute Gasteiger partial charge is 0.329 e. The standard InChI is InChI=1S/C20H27N5O2/c1-4-11-24(12-5-2)14-16-21-18-17(19(26)22-20(27)23(18)3)25(16)13-15-9-7-6-8-10-15/h6-10H,4-5,11-14H2,1-3H3,(H,22,26,27)/p+1. The molecule has 0 radical (unpaired) electrons. The van der Waals surface area contributed by atoms with E-state index in [9.17, 15) is 9.59 Å². The van der Waals surface area contributed by atoms with Crippen LogP contribution in [0.2, 0.25) is 0 Å². The molecule has 27 heavy (non-hydrogen) atoms. The molecule has 2 aromatic heterocycles. The summed E-state index contributed by atoms with van der Waals surface area (Å²) in [4.78, 5) is 33.2. The summed E-state index contributed by atoms with van der Waals surface area (Å²) in [5.74, 6) is 0.845. The van der Waals surface area contributed by atoms with Crippen molar-refractivity contribution in [2.75, 3.05) is 13.1 Å². The number of imidazole rings is 1. The summed E-state index contributed by atoms with van der Waals surface area (Å²) in [5, 5.41) is 0. The predicted octanol–water partition coefficient (Wildman–Crippen LogP) is 0.677. The summed E-state index contributed by atoms with van der Waals surface area (Å²) in [5.41, 5.74) is 1.19. The fourth-order valence-electron chi connectivity index (χ4n) is 3.58. The Balaban J connectivity index is 2.14. The van der Waals surface area contributed by atoms with Gasteiger partial charge in [-0.05, 0) is 18.4 Å². The van der Waals surface area contributed by atoms with Crippen LogP contribution in [0.4, 0.5) is 0 Å². The van der Waals surface area contributed by atoms with Crippen molar-refractivity contribution < 1.29 is 4.90 Å². The van der Waals surface area contributed by atoms with E-state index in [1.807, 2.05) is 34.9 Å². The normalized spacial score (nSPS) is 11.6. The Labute approximate surface area is 158 Å². The first-order valence-electron chi connectivity index (χ1n) is 9.61. The molecule has 0 fully saturated rings. The van der Waals surface area contributed by atoms with Crippen LogP contribution in [0, 0.1) is 0 Å². The van der Waals surface area contributed by atoms with Crippen LogP contribution in [0.1, 0.15) is 38.1 Å². The van der Waals surface area contributed by atoms with Crippen LogP contribution in [0.3, 0.4) is 0 Å². The molecule has 0 aliphatic rings. The molecule has 0 aliphatic heterocycles. The summed E-state index contributed by atoms with van der Waals surface area (Å²) in [6.07, 6.45) is 2.18.